The summed E-state index contributed by atoms with van der Waals surface area (Å²) < 4.78 is 23.6. The molecule has 0 spiro atoms. The fourth-order valence-electron chi connectivity index (χ4n) is 2.81. The van der Waals surface area contributed by atoms with E-state index in [0.717, 1.165) is 32.2 Å². The number of halogens is 1. The van der Waals surface area contributed by atoms with Crippen LogP contribution in [-0.4, -0.2) is 32.4 Å². The van der Waals surface area contributed by atoms with E-state index in [9.17, 15) is 13.5 Å². The molecule has 0 saturated heterocycles. The Bertz CT molecular complexity index is 581. The van der Waals surface area contributed by atoms with Crippen LogP contribution in [0.2, 0.25) is 5.02 Å². The van der Waals surface area contributed by atoms with Gasteiger partial charge in [-0.2, -0.15) is 0 Å². The molecule has 6 heteroatoms. The van der Waals surface area contributed by atoms with Crippen LogP contribution >= 0.6 is 11.6 Å². The average molecular weight is 332 g/mol. The first-order valence-corrected chi connectivity index (χ1v) is 9.51. The molecule has 1 aliphatic rings. The normalized spacial score (nSPS) is 23.2. The summed E-state index contributed by atoms with van der Waals surface area (Å²) in [6.07, 6.45) is 4.78. The topological polar surface area (TPSA) is 66.4 Å². The number of rotatable bonds is 5. The van der Waals surface area contributed by atoms with Gasteiger partial charge in [0.25, 0.3) is 0 Å². The van der Waals surface area contributed by atoms with E-state index in [0.29, 0.717) is 27.9 Å². The number of benzene rings is 1. The van der Waals surface area contributed by atoms with Gasteiger partial charge < -0.3 is 10.4 Å². The molecule has 0 radical (unpaired) electrons. The number of hydrogen-bond donors (Lipinski definition) is 2. The van der Waals surface area contributed by atoms with Crippen molar-refractivity contribution in [2.24, 2.45) is 5.92 Å². The number of nitrogens with one attached hydrogen (secondary N) is 1. The lowest BCUT2D eigenvalue weighted by atomic mass is 9.87. The summed E-state index contributed by atoms with van der Waals surface area (Å²) >= 11 is 6.14. The zero-order chi connectivity index (χ0) is 15.5. The van der Waals surface area contributed by atoms with Crippen LogP contribution in [0, 0.1) is 5.92 Å². The molecular formula is C15H22ClNO3S. The quantitative estimate of drug-likeness (QED) is 0.869. The van der Waals surface area contributed by atoms with E-state index in [-0.39, 0.29) is 6.10 Å². The largest absolute Gasteiger partial charge is 0.393 e. The van der Waals surface area contributed by atoms with Gasteiger partial charge in [0, 0.05) is 23.4 Å². The highest BCUT2D eigenvalue weighted by molar-refractivity contribution is 7.90. The maximum atomic E-state index is 11.8. The van der Waals surface area contributed by atoms with E-state index in [1.807, 2.05) is 0 Å². The van der Waals surface area contributed by atoms with Crippen molar-refractivity contribution < 1.29 is 13.5 Å². The van der Waals surface area contributed by atoms with E-state index in [4.69, 9.17) is 11.6 Å². The van der Waals surface area contributed by atoms with E-state index in [1.165, 1.54) is 6.26 Å². The second-order valence-corrected chi connectivity index (χ2v) is 8.19. The van der Waals surface area contributed by atoms with Gasteiger partial charge in [-0.15, -0.1) is 0 Å². The van der Waals surface area contributed by atoms with E-state index in [2.05, 4.69) is 5.32 Å². The first-order valence-electron chi connectivity index (χ1n) is 7.24. The van der Waals surface area contributed by atoms with Crippen LogP contribution < -0.4 is 5.32 Å². The molecule has 0 bridgehead atoms. The predicted molar refractivity (Wildman–Crippen MR) is 84.2 cm³/mol. The van der Waals surface area contributed by atoms with Crippen molar-refractivity contribution in [3.8, 4) is 0 Å². The SMILES string of the molecule is CS(=O)(=O)c1cccc(Cl)c1CNCC1CCC(O)CC1. The van der Waals surface area contributed by atoms with Crippen molar-refractivity contribution >= 4 is 21.4 Å². The second kappa shape index (κ2) is 7.09. The lowest BCUT2D eigenvalue weighted by molar-refractivity contribution is 0.108. The summed E-state index contributed by atoms with van der Waals surface area (Å²) in [7, 11) is -3.28. The second-order valence-electron chi connectivity index (χ2n) is 5.79. The molecule has 118 valence electrons. The van der Waals surface area contributed by atoms with Gasteiger partial charge in [0.15, 0.2) is 9.84 Å². The molecule has 0 aliphatic heterocycles. The third-order valence-electron chi connectivity index (χ3n) is 4.03. The maximum Gasteiger partial charge on any atom is 0.175 e. The average Bonchev–Trinajstić information content (AvgIpc) is 2.41. The van der Waals surface area contributed by atoms with Crippen LogP contribution in [0.5, 0.6) is 0 Å². The lowest BCUT2D eigenvalue weighted by Crippen LogP contribution is -2.28. The highest BCUT2D eigenvalue weighted by atomic mass is 35.5. The lowest BCUT2D eigenvalue weighted by Gasteiger charge is -2.25. The zero-order valence-corrected chi connectivity index (χ0v) is 13.8. The van der Waals surface area contributed by atoms with Gasteiger partial charge in [0.05, 0.1) is 11.0 Å². The summed E-state index contributed by atoms with van der Waals surface area (Å²) in [6.45, 7) is 1.27. The molecule has 21 heavy (non-hydrogen) atoms. The van der Waals surface area contributed by atoms with Gasteiger partial charge in [-0.1, -0.05) is 17.7 Å². The molecule has 0 heterocycles. The maximum absolute atomic E-state index is 11.8. The Balaban J connectivity index is 1.97. The minimum atomic E-state index is -3.28. The van der Waals surface area contributed by atoms with E-state index in [1.54, 1.807) is 18.2 Å². The molecule has 1 aromatic carbocycles. The number of aliphatic hydroxyl groups excluding tert-OH is 1. The van der Waals surface area contributed by atoms with Crippen molar-refractivity contribution in [3.63, 3.8) is 0 Å². The fraction of sp³-hybridized carbons (Fsp3) is 0.600. The highest BCUT2D eigenvalue weighted by Crippen LogP contribution is 2.25. The van der Waals surface area contributed by atoms with Gasteiger partial charge >= 0.3 is 0 Å². The molecule has 4 nitrogen and oxygen atoms in total. The van der Waals surface area contributed by atoms with Crippen LogP contribution in [0.3, 0.4) is 0 Å². The molecule has 0 amide bonds. The molecule has 1 aromatic rings. The zero-order valence-electron chi connectivity index (χ0n) is 12.2. The Hall–Kier alpha value is -0.620. The number of sulfone groups is 1. The summed E-state index contributed by atoms with van der Waals surface area (Å²) in [5.74, 6) is 0.539. The first kappa shape index (κ1) is 16.7. The van der Waals surface area contributed by atoms with Gasteiger partial charge in [-0.3, -0.25) is 0 Å². The van der Waals surface area contributed by atoms with Crippen molar-refractivity contribution in [1.82, 2.24) is 5.32 Å². The summed E-state index contributed by atoms with van der Waals surface area (Å²) in [5.41, 5.74) is 0.637. The fourth-order valence-corrected chi connectivity index (χ4v) is 4.06. The number of aliphatic hydroxyl groups is 1. The van der Waals surface area contributed by atoms with Crippen molar-refractivity contribution in [2.45, 2.75) is 43.2 Å². The molecule has 1 aliphatic carbocycles. The monoisotopic (exact) mass is 331 g/mol. The third-order valence-corrected chi connectivity index (χ3v) is 5.56. The molecule has 0 aromatic heterocycles. The minimum Gasteiger partial charge on any atom is -0.393 e. The van der Waals surface area contributed by atoms with Gasteiger partial charge in [0.1, 0.15) is 0 Å². The van der Waals surface area contributed by atoms with Crippen LogP contribution in [0.1, 0.15) is 31.2 Å². The minimum absolute atomic E-state index is 0.151. The Kier molecular flexibility index (Phi) is 5.66. The number of hydrogen-bond acceptors (Lipinski definition) is 4. The molecule has 1 fully saturated rings. The summed E-state index contributed by atoms with van der Waals surface area (Å²) in [5, 5.41) is 13.3. The van der Waals surface area contributed by atoms with Crippen LogP contribution in [-0.2, 0) is 16.4 Å². The van der Waals surface area contributed by atoms with Gasteiger partial charge in [-0.25, -0.2) is 8.42 Å². The Morgan fingerprint density at radius 3 is 2.57 bits per heavy atom. The van der Waals surface area contributed by atoms with Crippen molar-refractivity contribution in [1.29, 1.82) is 0 Å². The van der Waals surface area contributed by atoms with Crippen LogP contribution in [0.15, 0.2) is 23.1 Å². The third kappa shape index (κ3) is 4.68. The van der Waals surface area contributed by atoms with Gasteiger partial charge in [-0.05, 0) is 50.3 Å². The highest BCUT2D eigenvalue weighted by Gasteiger charge is 2.20. The molecule has 0 atom stereocenters. The smallest absolute Gasteiger partial charge is 0.175 e. The Labute approximate surface area is 131 Å². The van der Waals surface area contributed by atoms with Gasteiger partial charge in [0.2, 0.25) is 0 Å². The summed E-state index contributed by atoms with van der Waals surface area (Å²) in [6, 6.07) is 4.96. The Morgan fingerprint density at radius 1 is 1.29 bits per heavy atom. The molecule has 1 saturated carbocycles. The molecule has 2 N–H and O–H groups in total. The van der Waals surface area contributed by atoms with Crippen molar-refractivity contribution in [3.05, 3.63) is 28.8 Å². The standard InChI is InChI=1S/C15H22ClNO3S/c1-21(19,20)15-4-2-3-14(16)13(15)10-17-9-11-5-7-12(18)8-6-11/h2-4,11-12,17-18H,5-10H2,1H3. The first-order chi connectivity index (χ1) is 9.88. The van der Waals surface area contributed by atoms with Crippen LogP contribution in [0.25, 0.3) is 0 Å². The summed E-state index contributed by atoms with van der Waals surface area (Å²) in [4.78, 5) is 0.293. The predicted octanol–water partition coefficient (Wildman–Crippen LogP) is 2.38. The van der Waals surface area contributed by atoms with E-state index >= 15 is 0 Å². The van der Waals surface area contributed by atoms with Crippen molar-refractivity contribution in [2.75, 3.05) is 12.8 Å². The molecule has 2 rings (SSSR count). The van der Waals surface area contributed by atoms with E-state index < -0.39 is 9.84 Å². The molecule has 0 unspecified atom stereocenters. The molecular weight excluding hydrogens is 310 g/mol. The van der Waals surface area contributed by atoms with Crippen LogP contribution in [0.4, 0.5) is 0 Å². The Morgan fingerprint density at radius 2 is 1.95 bits per heavy atom.